The second-order valence-corrected chi connectivity index (χ2v) is 6.83. The van der Waals surface area contributed by atoms with Gasteiger partial charge >= 0.3 is 0 Å². The Kier molecular flexibility index (Phi) is 5.27. The summed E-state index contributed by atoms with van der Waals surface area (Å²) >= 11 is 1.31. The molecule has 3 amide bonds. The molecule has 0 aliphatic carbocycles. The average molecular weight is 385 g/mol. The van der Waals surface area contributed by atoms with Gasteiger partial charge in [0.15, 0.2) is 5.69 Å². The topological polar surface area (TPSA) is 133 Å². The number of aromatic amines is 1. The van der Waals surface area contributed by atoms with Crippen LogP contribution in [0.2, 0.25) is 0 Å². The van der Waals surface area contributed by atoms with Gasteiger partial charge in [-0.1, -0.05) is 18.2 Å². The normalized spacial score (nSPS) is 10.4. The number of rotatable bonds is 4. The Bertz CT molecular complexity index is 1090. The first-order valence-corrected chi connectivity index (χ1v) is 8.68. The lowest BCUT2D eigenvalue weighted by molar-refractivity contribution is -0.120. The Morgan fingerprint density at radius 3 is 2.48 bits per heavy atom. The van der Waals surface area contributed by atoms with E-state index in [-0.39, 0.29) is 18.1 Å². The number of amides is 3. The maximum atomic E-state index is 12.2. The van der Waals surface area contributed by atoms with Crippen molar-refractivity contribution in [3.63, 3.8) is 0 Å². The third-order valence-electron chi connectivity index (χ3n) is 3.60. The van der Waals surface area contributed by atoms with Gasteiger partial charge in [0, 0.05) is 10.3 Å². The van der Waals surface area contributed by atoms with Crippen LogP contribution in [0.1, 0.15) is 25.0 Å². The van der Waals surface area contributed by atoms with Crippen LogP contribution in [0, 0.1) is 6.92 Å². The van der Waals surface area contributed by atoms with Crippen molar-refractivity contribution in [2.45, 2.75) is 6.92 Å². The molecule has 138 valence electrons. The van der Waals surface area contributed by atoms with Crippen molar-refractivity contribution in [2.24, 2.45) is 0 Å². The predicted octanol–water partition coefficient (Wildman–Crippen LogP) is 0.484. The lowest BCUT2D eigenvalue weighted by Crippen LogP contribution is -2.46. The predicted molar refractivity (Wildman–Crippen MR) is 99.4 cm³/mol. The molecule has 0 radical (unpaired) electrons. The largest absolute Gasteiger partial charge is 0.342 e. The van der Waals surface area contributed by atoms with E-state index < -0.39 is 17.4 Å². The molecule has 10 heteroatoms. The first-order valence-electron chi connectivity index (χ1n) is 7.87. The summed E-state index contributed by atoms with van der Waals surface area (Å²) in [5.41, 5.74) is 3.94. The van der Waals surface area contributed by atoms with Crippen LogP contribution in [0.25, 0.3) is 10.8 Å². The van der Waals surface area contributed by atoms with E-state index in [4.69, 9.17) is 0 Å². The zero-order valence-corrected chi connectivity index (χ0v) is 15.0. The molecule has 27 heavy (non-hydrogen) atoms. The van der Waals surface area contributed by atoms with Gasteiger partial charge in [0.05, 0.1) is 16.8 Å². The Morgan fingerprint density at radius 1 is 1.04 bits per heavy atom. The van der Waals surface area contributed by atoms with Gasteiger partial charge in [-0.25, -0.2) is 5.10 Å². The number of H-pyrrole nitrogens is 1. The summed E-state index contributed by atoms with van der Waals surface area (Å²) < 4.78 is 0. The van der Waals surface area contributed by atoms with Crippen LogP contribution < -0.4 is 21.7 Å². The summed E-state index contributed by atoms with van der Waals surface area (Å²) in [7, 11) is 0. The SMILES string of the molecule is Cc1ccc(C(=O)NCC(=O)NNC(=O)c2n[nH]c(=O)c3ccccc23)s1. The second-order valence-electron chi connectivity index (χ2n) is 5.54. The van der Waals surface area contributed by atoms with E-state index in [1.54, 1.807) is 36.4 Å². The molecule has 0 bridgehead atoms. The lowest BCUT2D eigenvalue weighted by atomic mass is 10.1. The number of carbonyl (C=O) groups excluding carboxylic acids is 3. The highest BCUT2D eigenvalue weighted by molar-refractivity contribution is 7.13. The molecule has 0 saturated heterocycles. The standard InChI is InChI=1S/C17H15N5O4S/c1-9-6-7-12(27-9)16(25)18-8-13(23)19-22-17(26)14-10-4-2-3-5-11(10)15(24)21-20-14/h2-7H,8H2,1H3,(H,18,25)(H,19,23)(H,21,24)(H,22,26). The lowest BCUT2D eigenvalue weighted by Gasteiger charge is -2.08. The van der Waals surface area contributed by atoms with E-state index in [0.717, 1.165) is 4.88 Å². The van der Waals surface area contributed by atoms with Gasteiger partial charge in [0.1, 0.15) is 0 Å². The fourth-order valence-corrected chi connectivity index (χ4v) is 3.11. The second kappa shape index (κ2) is 7.79. The van der Waals surface area contributed by atoms with Gasteiger partial charge in [0.25, 0.3) is 23.3 Å². The number of aryl methyl sites for hydroxylation is 1. The Morgan fingerprint density at radius 2 is 1.78 bits per heavy atom. The van der Waals surface area contributed by atoms with Crippen LogP contribution in [0.4, 0.5) is 0 Å². The quantitative estimate of drug-likeness (QED) is 0.485. The summed E-state index contributed by atoms with van der Waals surface area (Å²) in [4.78, 5) is 49.2. The van der Waals surface area contributed by atoms with Gasteiger partial charge in [-0.15, -0.1) is 11.3 Å². The molecular weight excluding hydrogens is 370 g/mol. The maximum Gasteiger partial charge on any atom is 0.290 e. The zero-order valence-electron chi connectivity index (χ0n) is 14.2. The highest BCUT2D eigenvalue weighted by Gasteiger charge is 2.15. The number of hydrogen-bond donors (Lipinski definition) is 4. The molecule has 3 rings (SSSR count). The van der Waals surface area contributed by atoms with Crippen molar-refractivity contribution in [1.82, 2.24) is 26.4 Å². The summed E-state index contributed by atoms with van der Waals surface area (Å²) in [6.45, 7) is 1.56. The molecule has 0 unspecified atom stereocenters. The van der Waals surface area contributed by atoms with Crippen LogP contribution in [0.15, 0.2) is 41.2 Å². The van der Waals surface area contributed by atoms with Gasteiger partial charge in [-0.05, 0) is 25.1 Å². The van der Waals surface area contributed by atoms with Crippen LogP contribution in [0.5, 0.6) is 0 Å². The van der Waals surface area contributed by atoms with Gasteiger partial charge in [0.2, 0.25) is 0 Å². The minimum absolute atomic E-state index is 0.0383. The minimum Gasteiger partial charge on any atom is -0.342 e. The number of aromatic nitrogens is 2. The van der Waals surface area contributed by atoms with Crippen molar-refractivity contribution in [3.05, 3.63) is 62.2 Å². The fourth-order valence-electron chi connectivity index (χ4n) is 2.32. The summed E-state index contributed by atoms with van der Waals surface area (Å²) in [6, 6.07) is 9.95. The summed E-state index contributed by atoms with van der Waals surface area (Å²) in [5.74, 6) is -1.68. The molecule has 0 spiro atoms. The molecule has 4 N–H and O–H groups in total. The van der Waals surface area contributed by atoms with Crippen LogP contribution in [0.3, 0.4) is 0 Å². The molecular formula is C17H15N5O4S. The van der Waals surface area contributed by atoms with Gasteiger partial charge in [-0.3, -0.25) is 30.0 Å². The van der Waals surface area contributed by atoms with Gasteiger partial charge < -0.3 is 5.32 Å². The first-order chi connectivity index (χ1) is 13.0. The van der Waals surface area contributed by atoms with Crippen LogP contribution in [-0.2, 0) is 4.79 Å². The number of benzene rings is 1. The van der Waals surface area contributed by atoms with E-state index in [0.29, 0.717) is 15.6 Å². The molecule has 1 aromatic carbocycles. The molecule has 0 aliphatic rings. The van der Waals surface area contributed by atoms with Crippen molar-refractivity contribution < 1.29 is 14.4 Å². The molecule has 2 aromatic heterocycles. The summed E-state index contributed by atoms with van der Waals surface area (Å²) in [5, 5.41) is 9.09. The van der Waals surface area contributed by atoms with E-state index in [9.17, 15) is 19.2 Å². The number of nitrogens with zero attached hydrogens (tertiary/aromatic N) is 1. The zero-order chi connectivity index (χ0) is 19.4. The Balaban J connectivity index is 1.58. The Hall–Kier alpha value is -3.53. The van der Waals surface area contributed by atoms with Crippen molar-refractivity contribution in [1.29, 1.82) is 0 Å². The smallest absolute Gasteiger partial charge is 0.290 e. The molecule has 0 fully saturated rings. The van der Waals surface area contributed by atoms with E-state index in [1.807, 2.05) is 6.92 Å². The molecule has 9 nitrogen and oxygen atoms in total. The van der Waals surface area contributed by atoms with E-state index in [1.165, 1.54) is 11.3 Å². The van der Waals surface area contributed by atoms with Crippen molar-refractivity contribution in [3.8, 4) is 0 Å². The minimum atomic E-state index is -0.698. The van der Waals surface area contributed by atoms with Crippen molar-refractivity contribution >= 4 is 39.8 Å². The first kappa shape index (κ1) is 18.3. The molecule has 0 saturated carbocycles. The highest BCUT2D eigenvalue weighted by Crippen LogP contribution is 2.14. The third kappa shape index (κ3) is 4.18. The van der Waals surface area contributed by atoms with Gasteiger partial charge in [-0.2, -0.15) is 5.10 Å². The van der Waals surface area contributed by atoms with Crippen molar-refractivity contribution in [2.75, 3.05) is 6.54 Å². The number of nitrogens with one attached hydrogen (secondary N) is 4. The highest BCUT2D eigenvalue weighted by atomic mass is 32.1. The molecule has 2 heterocycles. The molecule has 0 atom stereocenters. The van der Waals surface area contributed by atoms with E-state index >= 15 is 0 Å². The van der Waals surface area contributed by atoms with E-state index in [2.05, 4.69) is 26.4 Å². The number of hydrazine groups is 1. The van der Waals surface area contributed by atoms with Crippen LogP contribution in [-0.4, -0.2) is 34.5 Å². The number of hydrogen-bond acceptors (Lipinski definition) is 6. The number of carbonyl (C=O) groups is 3. The van der Waals surface area contributed by atoms with Crippen LogP contribution >= 0.6 is 11.3 Å². The number of thiophene rings is 1. The molecule has 3 aromatic rings. The third-order valence-corrected chi connectivity index (χ3v) is 4.60. The fraction of sp³-hybridized carbons (Fsp3) is 0.118. The monoisotopic (exact) mass is 385 g/mol. The average Bonchev–Trinajstić information content (AvgIpc) is 3.11. The summed E-state index contributed by atoms with van der Waals surface area (Å²) in [6.07, 6.45) is 0. The Labute approximate surface area is 156 Å². The number of fused-ring (bicyclic) bond motifs is 1. The maximum absolute atomic E-state index is 12.2. The molecule has 0 aliphatic heterocycles.